The Labute approximate surface area is 127 Å². The number of carboxylic acid groups (broad SMARTS) is 1. The third-order valence-corrected chi connectivity index (χ3v) is 4.97. The van der Waals surface area contributed by atoms with Gasteiger partial charge in [-0.3, -0.25) is 14.5 Å². The Kier molecular flexibility index (Phi) is 6.03. The maximum atomic E-state index is 11.9. The third kappa shape index (κ3) is 4.70. The van der Waals surface area contributed by atoms with Crippen LogP contribution in [0.25, 0.3) is 0 Å². The molecule has 1 saturated carbocycles. The van der Waals surface area contributed by atoms with Crippen LogP contribution in [0.1, 0.15) is 64.2 Å². The molecule has 0 aromatic heterocycles. The molecule has 5 heteroatoms. The number of amides is 1. The van der Waals surface area contributed by atoms with Gasteiger partial charge >= 0.3 is 5.97 Å². The van der Waals surface area contributed by atoms with Gasteiger partial charge in [-0.1, -0.05) is 19.3 Å². The Morgan fingerprint density at radius 2 is 1.67 bits per heavy atom. The van der Waals surface area contributed by atoms with E-state index in [2.05, 4.69) is 10.2 Å². The molecule has 0 aromatic carbocycles. The van der Waals surface area contributed by atoms with Crippen molar-refractivity contribution in [3.05, 3.63) is 0 Å². The van der Waals surface area contributed by atoms with Crippen LogP contribution in [0.5, 0.6) is 0 Å². The lowest BCUT2D eigenvalue weighted by Crippen LogP contribution is -2.55. The maximum absolute atomic E-state index is 11.9. The molecular weight excluding hydrogens is 268 g/mol. The standard InChI is InChI=1S/C16H28N2O3/c19-14(7-6-8-15(20)21)17-13-16(9-2-1-3-10-16)18-11-4-5-12-18/h1-13H2,(H,17,19)(H,20,21). The van der Waals surface area contributed by atoms with Crippen LogP contribution in [0.2, 0.25) is 0 Å². The molecule has 21 heavy (non-hydrogen) atoms. The number of aliphatic carboxylic acids is 1. The summed E-state index contributed by atoms with van der Waals surface area (Å²) in [6, 6.07) is 0. The van der Waals surface area contributed by atoms with E-state index in [0.29, 0.717) is 12.8 Å². The minimum absolute atomic E-state index is 0.000366. The van der Waals surface area contributed by atoms with Crippen LogP contribution in [0.15, 0.2) is 0 Å². The molecule has 5 nitrogen and oxygen atoms in total. The van der Waals surface area contributed by atoms with E-state index in [9.17, 15) is 9.59 Å². The second-order valence-electron chi connectivity index (χ2n) is 6.50. The van der Waals surface area contributed by atoms with Crippen molar-refractivity contribution in [2.45, 2.75) is 69.7 Å². The fourth-order valence-corrected chi connectivity index (χ4v) is 3.76. The molecule has 2 aliphatic rings. The van der Waals surface area contributed by atoms with Gasteiger partial charge in [0.25, 0.3) is 0 Å². The summed E-state index contributed by atoms with van der Waals surface area (Å²) in [4.78, 5) is 25.0. The normalized spacial score (nSPS) is 22.1. The number of hydrogen-bond donors (Lipinski definition) is 2. The van der Waals surface area contributed by atoms with Gasteiger partial charge in [0, 0.05) is 24.9 Å². The first-order valence-corrected chi connectivity index (χ1v) is 8.36. The molecule has 120 valence electrons. The molecule has 2 fully saturated rings. The Bertz CT molecular complexity index is 359. The van der Waals surface area contributed by atoms with Crippen LogP contribution in [0, 0.1) is 0 Å². The number of nitrogens with zero attached hydrogens (tertiary/aromatic N) is 1. The van der Waals surface area contributed by atoms with E-state index in [1.54, 1.807) is 0 Å². The topological polar surface area (TPSA) is 69.6 Å². The summed E-state index contributed by atoms with van der Waals surface area (Å²) >= 11 is 0. The molecule has 0 radical (unpaired) electrons. The molecule has 0 aromatic rings. The van der Waals surface area contributed by atoms with E-state index >= 15 is 0 Å². The van der Waals surface area contributed by atoms with Crippen molar-refractivity contribution in [2.75, 3.05) is 19.6 Å². The molecule has 1 aliphatic heterocycles. The predicted octanol–water partition coefficient (Wildman–Crippen LogP) is 2.16. The summed E-state index contributed by atoms with van der Waals surface area (Å²) in [6.45, 7) is 3.06. The summed E-state index contributed by atoms with van der Waals surface area (Å²) in [6.07, 6.45) is 9.55. The first-order chi connectivity index (χ1) is 10.1. The highest BCUT2D eigenvalue weighted by atomic mass is 16.4. The lowest BCUT2D eigenvalue weighted by Gasteiger charge is -2.45. The summed E-state index contributed by atoms with van der Waals surface area (Å²) in [5, 5.41) is 11.7. The minimum Gasteiger partial charge on any atom is -0.481 e. The van der Waals surface area contributed by atoms with Gasteiger partial charge < -0.3 is 10.4 Å². The summed E-state index contributed by atoms with van der Waals surface area (Å²) in [7, 11) is 0. The van der Waals surface area contributed by atoms with E-state index in [0.717, 1.165) is 19.6 Å². The summed E-state index contributed by atoms with van der Waals surface area (Å²) < 4.78 is 0. The minimum atomic E-state index is -0.830. The average molecular weight is 296 g/mol. The number of nitrogens with one attached hydrogen (secondary N) is 1. The zero-order chi connectivity index (χ0) is 15.1. The Morgan fingerprint density at radius 3 is 2.29 bits per heavy atom. The number of rotatable bonds is 7. The average Bonchev–Trinajstić information content (AvgIpc) is 3.00. The smallest absolute Gasteiger partial charge is 0.303 e. The summed E-state index contributed by atoms with van der Waals surface area (Å²) in [5.41, 5.74) is 0.164. The van der Waals surface area contributed by atoms with Crippen molar-refractivity contribution in [2.24, 2.45) is 0 Å². The highest BCUT2D eigenvalue weighted by molar-refractivity contribution is 5.76. The second kappa shape index (κ2) is 7.78. The number of likely N-dealkylation sites (tertiary alicyclic amines) is 1. The fraction of sp³-hybridized carbons (Fsp3) is 0.875. The number of carboxylic acids is 1. The van der Waals surface area contributed by atoms with Gasteiger partial charge in [-0.15, -0.1) is 0 Å². The van der Waals surface area contributed by atoms with Gasteiger partial charge in [0.15, 0.2) is 0 Å². The molecule has 1 heterocycles. The van der Waals surface area contributed by atoms with Gasteiger partial charge in [0.1, 0.15) is 0 Å². The first-order valence-electron chi connectivity index (χ1n) is 8.36. The van der Waals surface area contributed by atoms with Crippen LogP contribution < -0.4 is 5.32 Å². The van der Waals surface area contributed by atoms with Gasteiger partial charge in [0.05, 0.1) is 0 Å². The lowest BCUT2D eigenvalue weighted by molar-refractivity contribution is -0.137. The first kappa shape index (κ1) is 16.3. The third-order valence-electron chi connectivity index (χ3n) is 4.97. The largest absolute Gasteiger partial charge is 0.481 e. The molecule has 0 spiro atoms. The van der Waals surface area contributed by atoms with E-state index in [1.807, 2.05) is 0 Å². The van der Waals surface area contributed by atoms with Crippen LogP contribution in [0.4, 0.5) is 0 Å². The summed E-state index contributed by atoms with van der Waals surface area (Å²) in [5.74, 6) is -0.830. The SMILES string of the molecule is O=C(O)CCCC(=O)NCC1(N2CCCC2)CCCCC1. The fourth-order valence-electron chi connectivity index (χ4n) is 3.76. The molecule has 1 amide bonds. The number of hydrogen-bond acceptors (Lipinski definition) is 3. The second-order valence-corrected chi connectivity index (χ2v) is 6.50. The zero-order valence-corrected chi connectivity index (χ0v) is 12.9. The van der Waals surface area contributed by atoms with Crippen molar-refractivity contribution in [3.63, 3.8) is 0 Å². The van der Waals surface area contributed by atoms with Crippen molar-refractivity contribution < 1.29 is 14.7 Å². The molecule has 1 aliphatic carbocycles. The molecule has 0 atom stereocenters. The van der Waals surface area contributed by atoms with Crippen LogP contribution in [-0.2, 0) is 9.59 Å². The zero-order valence-electron chi connectivity index (χ0n) is 12.9. The molecule has 2 rings (SSSR count). The Morgan fingerprint density at radius 1 is 1.00 bits per heavy atom. The maximum Gasteiger partial charge on any atom is 0.303 e. The van der Waals surface area contributed by atoms with Crippen molar-refractivity contribution >= 4 is 11.9 Å². The van der Waals surface area contributed by atoms with E-state index in [1.165, 1.54) is 44.9 Å². The number of carbonyl (C=O) groups excluding carboxylic acids is 1. The Balaban J connectivity index is 1.81. The molecule has 2 N–H and O–H groups in total. The number of carbonyl (C=O) groups is 2. The molecule has 1 saturated heterocycles. The molecule has 0 bridgehead atoms. The van der Waals surface area contributed by atoms with E-state index in [4.69, 9.17) is 5.11 Å². The highest BCUT2D eigenvalue weighted by Gasteiger charge is 2.39. The van der Waals surface area contributed by atoms with E-state index < -0.39 is 5.97 Å². The monoisotopic (exact) mass is 296 g/mol. The lowest BCUT2D eigenvalue weighted by atomic mass is 9.80. The quantitative estimate of drug-likeness (QED) is 0.755. The van der Waals surface area contributed by atoms with Crippen LogP contribution in [-0.4, -0.2) is 47.1 Å². The Hall–Kier alpha value is -1.10. The van der Waals surface area contributed by atoms with Crippen molar-refractivity contribution in [3.8, 4) is 0 Å². The highest BCUT2D eigenvalue weighted by Crippen LogP contribution is 2.35. The van der Waals surface area contributed by atoms with Crippen LogP contribution in [0.3, 0.4) is 0 Å². The van der Waals surface area contributed by atoms with Gasteiger partial charge in [-0.2, -0.15) is 0 Å². The van der Waals surface area contributed by atoms with Gasteiger partial charge in [-0.25, -0.2) is 0 Å². The van der Waals surface area contributed by atoms with E-state index in [-0.39, 0.29) is 17.9 Å². The predicted molar refractivity (Wildman–Crippen MR) is 81.1 cm³/mol. The van der Waals surface area contributed by atoms with Crippen LogP contribution >= 0.6 is 0 Å². The molecule has 0 unspecified atom stereocenters. The van der Waals surface area contributed by atoms with Crippen molar-refractivity contribution in [1.29, 1.82) is 0 Å². The molecular formula is C16H28N2O3. The van der Waals surface area contributed by atoms with Gasteiger partial charge in [0.2, 0.25) is 5.91 Å². The van der Waals surface area contributed by atoms with Gasteiger partial charge in [-0.05, 0) is 45.2 Å². The van der Waals surface area contributed by atoms with Crippen molar-refractivity contribution in [1.82, 2.24) is 10.2 Å².